The van der Waals surface area contributed by atoms with Crippen molar-refractivity contribution in [3.05, 3.63) is 35.9 Å². The Hall–Kier alpha value is -1.77. The lowest BCUT2D eigenvalue weighted by molar-refractivity contribution is -0.131. The number of carboxylic acid groups (broad SMARTS) is 1. The Morgan fingerprint density at radius 1 is 0.893 bits per heavy atom. The molecule has 0 aromatic heterocycles. The maximum absolute atomic E-state index is 10.5. The third-order valence-electron chi connectivity index (χ3n) is 5.23. The number of carbonyl (C=O) groups is 1. The summed E-state index contributed by atoms with van der Waals surface area (Å²) >= 11 is 0. The van der Waals surface area contributed by atoms with Crippen LogP contribution in [0.25, 0.3) is 6.08 Å². The van der Waals surface area contributed by atoms with Gasteiger partial charge in [0.15, 0.2) is 0 Å². The van der Waals surface area contributed by atoms with E-state index in [1.807, 2.05) is 24.3 Å². The number of hydrogen-bond acceptors (Lipinski definition) is 2. The quantitative estimate of drug-likeness (QED) is 0.213. The minimum atomic E-state index is -0.918. The Bertz CT molecular complexity index is 536. The summed E-state index contributed by atoms with van der Waals surface area (Å²) in [4.78, 5) is 10.5. The van der Waals surface area contributed by atoms with Crippen LogP contribution in [0.1, 0.15) is 103 Å². The fraction of sp³-hybridized carbons (Fsp3) is 0.640. The van der Waals surface area contributed by atoms with Gasteiger partial charge in [-0.05, 0) is 37.1 Å². The van der Waals surface area contributed by atoms with E-state index in [1.165, 1.54) is 89.5 Å². The highest BCUT2D eigenvalue weighted by atomic mass is 16.4. The number of carboxylic acids is 1. The molecule has 2 N–H and O–H groups in total. The third-order valence-corrected chi connectivity index (χ3v) is 5.23. The smallest absolute Gasteiger partial charge is 0.328 e. The van der Waals surface area contributed by atoms with Crippen LogP contribution in [0.2, 0.25) is 0 Å². The first-order valence-corrected chi connectivity index (χ1v) is 11.4. The molecule has 1 aromatic rings. The number of hydrogen-bond donors (Lipinski definition) is 2. The molecule has 0 heterocycles. The van der Waals surface area contributed by atoms with E-state index >= 15 is 0 Å². The fourth-order valence-corrected chi connectivity index (χ4v) is 3.51. The molecular weight excluding hydrogens is 346 g/mol. The number of aliphatic carboxylic acids is 1. The molecule has 0 aliphatic carbocycles. The molecule has 1 rings (SSSR count). The molecule has 28 heavy (non-hydrogen) atoms. The van der Waals surface area contributed by atoms with Crippen LogP contribution in [-0.4, -0.2) is 17.1 Å². The fourth-order valence-electron chi connectivity index (χ4n) is 3.51. The summed E-state index contributed by atoms with van der Waals surface area (Å²) in [5.41, 5.74) is 2.00. The molecule has 3 heteroatoms. The van der Waals surface area contributed by atoms with Gasteiger partial charge in [-0.2, -0.15) is 0 Å². The van der Waals surface area contributed by atoms with E-state index in [-0.39, 0.29) is 0 Å². The molecule has 0 fully saturated rings. The molecule has 0 saturated heterocycles. The van der Waals surface area contributed by atoms with Crippen LogP contribution in [0, 0.1) is 0 Å². The number of benzene rings is 1. The topological polar surface area (TPSA) is 49.3 Å². The van der Waals surface area contributed by atoms with Crippen molar-refractivity contribution in [3.63, 3.8) is 0 Å². The van der Waals surface area contributed by atoms with Gasteiger partial charge in [0.2, 0.25) is 0 Å². The second-order valence-electron chi connectivity index (χ2n) is 8.02. The number of anilines is 1. The van der Waals surface area contributed by atoms with Gasteiger partial charge in [-0.25, -0.2) is 4.79 Å². The predicted molar refractivity (Wildman–Crippen MR) is 122 cm³/mol. The summed E-state index contributed by atoms with van der Waals surface area (Å²) in [6.45, 7) is 4.51. The summed E-state index contributed by atoms with van der Waals surface area (Å²) < 4.78 is 0. The molecule has 0 spiro atoms. The van der Waals surface area contributed by atoms with Crippen molar-refractivity contribution < 1.29 is 9.90 Å². The van der Waals surface area contributed by atoms with Crippen LogP contribution in [0.5, 0.6) is 0 Å². The van der Waals surface area contributed by atoms with E-state index in [0.29, 0.717) is 6.04 Å². The summed E-state index contributed by atoms with van der Waals surface area (Å²) in [6.07, 6.45) is 20.6. The molecule has 1 unspecified atom stereocenters. The monoisotopic (exact) mass is 387 g/mol. The zero-order valence-electron chi connectivity index (χ0n) is 18.1. The van der Waals surface area contributed by atoms with Crippen molar-refractivity contribution >= 4 is 17.7 Å². The molecule has 0 aliphatic rings. The zero-order valence-corrected chi connectivity index (χ0v) is 18.1. The highest BCUT2D eigenvalue weighted by Crippen LogP contribution is 2.16. The Balaban J connectivity index is 2.00. The van der Waals surface area contributed by atoms with Gasteiger partial charge in [0.1, 0.15) is 0 Å². The molecule has 1 aromatic carbocycles. The predicted octanol–water partition coefficient (Wildman–Crippen LogP) is 7.68. The minimum Gasteiger partial charge on any atom is -0.478 e. The molecule has 3 nitrogen and oxygen atoms in total. The standard InChI is InChI=1S/C25H41NO2/c1-3-4-5-6-7-8-9-10-11-12-13-14-15-22(2)26-24-19-16-23(17-20-24)18-21-25(27)28/h16-22,26H,3-15H2,1-2H3,(H,27,28). The lowest BCUT2D eigenvalue weighted by Gasteiger charge is -2.15. The van der Waals surface area contributed by atoms with E-state index in [1.54, 1.807) is 6.08 Å². The molecule has 1 atom stereocenters. The van der Waals surface area contributed by atoms with Crippen LogP contribution in [0.3, 0.4) is 0 Å². The van der Waals surface area contributed by atoms with Crippen LogP contribution < -0.4 is 5.32 Å². The van der Waals surface area contributed by atoms with Crippen molar-refractivity contribution in [2.24, 2.45) is 0 Å². The first-order valence-electron chi connectivity index (χ1n) is 11.4. The number of unbranched alkanes of at least 4 members (excludes halogenated alkanes) is 11. The summed E-state index contributed by atoms with van der Waals surface area (Å²) in [5.74, 6) is -0.918. The maximum atomic E-state index is 10.5. The van der Waals surface area contributed by atoms with Gasteiger partial charge in [-0.1, -0.05) is 96.1 Å². The van der Waals surface area contributed by atoms with Crippen LogP contribution in [0.15, 0.2) is 30.3 Å². The van der Waals surface area contributed by atoms with Gasteiger partial charge < -0.3 is 10.4 Å². The average Bonchev–Trinajstić information content (AvgIpc) is 2.68. The van der Waals surface area contributed by atoms with Crippen LogP contribution in [0.4, 0.5) is 5.69 Å². The lowest BCUT2D eigenvalue weighted by Crippen LogP contribution is -2.14. The van der Waals surface area contributed by atoms with E-state index < -0.39 is 5.97 Å². The summed E-state index contributed by atoms with van der Waals surface area (Å²) in [5, 5.41) is 12.2. The van der Waals surface area contributed by atoms with Gasteiger partial charge in [-0.15, -0.1) is 0 Å². The van der Waals surface area contributed by atoms with Crippen LogP contribution in [-0.2, 0) is 4.79 Å². The van der Waals surface area contributed by atoms with E-state index in [9.17, 15) is 4.79 Å². The average molecular weight is 388 g/mol. The van der Waals surface area contributed by atoms with Crippen molar-refractivity contribution in [1.82, 2.24) is 0 Å². The van der Waals surface area contributed by atoms with Gasteiger partial charge in [-0.3, -0.25) is 0 Å². The Morgan fingerprint density at radius 2 is 1.39 bits per heavy atom. The molecule has 0 radical (unpaired) electrons. The first kappa shape index (κ1) is 24.3. The molecule has 0 saturated carbocycles. The zero-order chi connectivity index (χ0) is 20.5. The van der Waals surface area contributed by atoms with Crippen molar-refractivity contribution in [3.8, 4) is 0 Å². The molecular formula is C25H41NO2. The molecule has 158 valence electrons. The second-order valence-corrected chi connectivity index (χ2v) is 8.02. The third kappa shape index (κ3) is 13.4. The number of nitrogens with one attached hydrogen (secondary N) is 1. The Morgan fingerprint density at radius 3 is 1.89 bits per heavy atom. The number of rotatable bonds is 17. The van der Waals surface area contributed by atoms with Gasteiger partial charge in [0.05, 0.1) is 0 Å². The molecule has 0 aliphatic heterocycles. The van der Waals surface area contributed by atoms with E-state index in [2.05, 4.69) is 19.2 Å². The van der Waals surface area contributed by atoms with Crippen molar-refractivity contribution in [2.75, 3.05) is 5.32 Å². The van der Waals surface area contributed by atoms with E-state index in [4.69, 9.17) is 5.11 Å². The van der Waals surface area contributed by atoms with E-state index in [0.717, 1.165) is 11.3 Å². The summed E-state index contributed by atoms with van der Waals surface area (Å²) in [6, 6.07) is 8.38. The largest absolute Gasteiger partial charge is 0.478 e. The minimum absolute atomic E-state index is 0.462. The van der Waals surface area contributed by atoms with Gasteiger partial charge >= 0.3 is 5.97 Å². The van der Waals surface area contributed by atoms with Gasteiger partial charge in [0, 0.05) is 17.8 Å². The lowest BCUT2D eigenvalue weighted by atomic mass is 10.0. The highest BCUT2D eigenvalue weighted by molar-refractivity contribution is 5.85. The van der Waals surface area contributed by atoms with Crippen molar-refractivity contribution in [1.29, 1.82) is 0 Å². The Labute approximate surface area is 172 Å². The van der Waals surface area contributed by atoms with Crippen molar-refractivity contribution in [2.45, 2.75) is 103 Å². The first-order chi connectivity index (χ1) is 13.6. The normalized spacial score (nSPS) is 12.4. The summed E-state index contributed by atoms with van der Waals surface area (Å²) in [7, 11) is 0. The molecule has 0 bridgehead atoms. The molecule has 0 amide bonds. The Kier molecular flexibility index (Phi) is 14.0. The van der Waals surface area contributed by atoms with Gasteiger partial charge in [0.25, 0.3) is 0 Å². The second kappa shape index (κ2) is 16.2. The highest BCUT2D eigenvalue weighted by Gasteiger charge is 2.02. The van der Waals surface area contributed by atoms with Crippen LogP contribution >= 0.6 is 0 Å². The maximum Gasteiger partial charge on any atom is 0.328 e. The SMILES string of the molecule is CCCCCCCCCCCCCCC(C)Nc1ccc(C=CC(=O)O)cc1.